The maximum absolute atomic E-state index is 12.5. The molecule has 1 aliphatic rings. The Morgan fingerprint density at radius 3 is 2.72 bits per heavy atom. The van der Waals surface area contributed by atoms with Crippen LogP contribution in [0.1, 0.15) is 41.4 Å². The third-order valence-corrected chi connectivity index (χ3v) is 4.85. The predicted octanol–water partition coefficient (Wildman–Crippen LogP) is 1.38. The molecule has 25 heavy (non-hydrogen) atoms. The molecule has 2 N–H and O–H groups in total. The second-order valence-electron chi connectivity index (χ2n) is 6.60. The highest BCUT2D eigenvalue weighted by Gasteiger charge is 2.24. The largest absolute Gasteiger partial charge is 0.349 e. The van der Waals surface area contributed by atoms with Crippen LogP contribution in [0.25, 0.3) is 0 Å². The number of nitrogens with one attached hydrogen (secondary N) is 2. The highest BCUT2D eigenvalue weighted by atomic mass is 16.2. The summed E-state index contributed by atoms with van der Waals surface area (Å²) in [5, 5.41) is 3.01. The Labute approximate surface area is 147 Å². The number of nitrogens with zero attached hydrogens (tertiary/aromatic N) is 3. The van der Waals surface area contributed by atoms with Gasteiger partial charge in [0.1, 0.15) is 5.56 Å². The van der Waals surface area contributed by atoms with Crippen LogP contribution in [0, 0.1) is 6.92 Å². The standard InChI is InChI=1S/C18H25N5O2/c1-4-15-12(2)11-14(17(25)21-15)16(24)20-13-5-8-23(9-6-13)18-19-7-10-22(18)3/h7,10-11,13H,4-6,8-9H2,1-3H3,(H,20,24)(H,21,25). The summed E-state index contributed by atoms with van der Waals surface area (Å²) in [7, 11) is 1.98. The number of pyridine rings is 1. The number of anilines is 1. The summed E-state index contributed by atoms with van der Waals surface area (Å²) in [6.07, 6.45) is 6.13. The SMILES string of the molecule is CCc1[nH]c(=O)c(C(=O)NC2CCN(c3nccn3C)CC2)cc1C. The van der Waals surface area contributed by atoms with Gasteiger partial charge >= 0.3 is 0 Å². The Kier molecular flexibility index (Phi) is 4.92. The number of imidazole rings is 1. The monoisotopic (exact) mass is 343 g/mol. The fraction of sp³-hybridized carbons (Fsp3) is 0.500. The molecule has 0 atom stereocenters. The first-order valence-electron chi connectivity index (χ1n) is 8.75. The molecule has 1 fully saturated rings. The van der Waals surface area contributed by atoms with Crippen LogP contribution in [0.15, 0.2) is 23.3 Å². The topological polar surface area (TPSA) is 83.0 Å². The van der Waals surface area contributed by atoms with Crippen LogP contribution in [0.5, 0.6) is 0 Å². The second-order valence-corrected chi connectivity index (χ2v) is 6.60. The Morgan fingerprint density at radius 1 is 1.40 bits per heavy atom. The molecule has 7 heteroatoms. The highest BCUT2D eigenvalue weighted by molar-refractivity contribution is 5.94. The van der Waals surface area contributed by atoms with Crippen molar-refractivity contribution in [1.29, 1.82) is 0 Å². The average molecular weight is 343 g/mol. The van der Waals surface area contributed by atoms with Gasteiger partial charge in [0, 0.05) is 44.3 Å². The van der Waals surface area contributed by atoms with Gasteiger partial charge in [-0.25, -0.2) is 4.98 Å². The van der Waals surface area contributed by atoms with Crippen molar-refractivity contribution in [3.05, 3.63) is 45.6 Å². The lowest BCUT2D eigenvalue weighted by Crippen LogP contribution is -2.46. The average Bonchev–Trinajstić information content (AvgIpc) is 3.03. The van der Waals surface area contributed by atoms with Crippen LogP contribution in [-0.2, 0) is 13.5 Å². The molecule has 134 valence electrons. The van der Waals surface area contributed by atoms with E-state index in [0.29, 0.717) is 0 Å². The van der Waals surface area contributed by atoms with Crippen LogP contribution in [0.4, 0.5) is 5.95 Å². The number of carbonyl (C=O) groups excluding carboxylic acids is 1. The molecule has 0 bridgehead atoms. The lowest BCUT2D eigenvalue weighted by atomic mass is 10.0. The van der Waals surface area contributed by atoms with Gasteiger partial charge in [-0.1, -0.05) is 6.92 Å². The van der Waals surface area contributed by atoms with Crippen molar-refractivity contribution in [2.45, 2.75) is 39.2 Å². The van der Waals surface area contributed by atoms with E-state index in [2.05, 4.69) is 20.2 Å². The number of piperidine rings is 1. The van der Waals surface area contributed by atoms with Gasteiger partial charge in [0.05, 0.1) is 0 Å². The van der Waals surface area contributed by atoms with Crippen LogP contribution < -0.4 is 15.8 Å². The third-order valence-electron chi connectivity index (χ3n) is 4.85. The fourth-order valence-corrected chi connectivity index (χ4v) is 3.36. The lowest BCUT2D eigenvalue weighted by Gasteiger charge is -2.33. The lowest BCUT2D eigenvalue weighted by molar-refractivity contribution is 0.0929. The molecule has 3 heterocycles. The number of amides is 1. The van der Waals surface area contributed by atoms with E-state index < -0.39 is 0 Å². The first-order valence-corrected chi connectivity index (χ1v) is 8.75. The zero-order chi connectivity index (χ0) is 18.0. The number of rotatable bonds is 4. The maximum atomic E-state index is 12.5. The van der Waals surface area contributed by atoms with Gasteiger partial charge in [0.2, 0.25) is 5.95 Å². The summed E-state index contributed by atoms with van der Waals surface area (Å²) in [4.78, 5) is 34.0. The van der Waals surface area contributed by atoms with Crippen molar-refractivity contribution in [2.24, 2.45) is 7.05 Å². The van der Waals surface area contributed by atoms with Crippen molar-refractivity contribution in [3.63, 3.8) is 0 Å². The highest BCUT2D eigenvalue weighted by Crippen LogP contribution is 2.17. The molecule has 1 amide bonds. The van der Waals surface area contributed by atoms with Gasteiger partial charge in [-0.15, -0.1) is 0 Å². The molecule has 1 aliphatic heterocycles. The third kappa shape index (κ3) is 3.60. The van der Waals surface area contributed by atoms with E-state index in [-0.39, 0.29) is 23.1 Å². The minimum Gasteiger partial charge on any atom is -0.349 e. The molecule has 0 radical (unpaired) electrons. The number of aryl methyl sites for hydroxylation is 3. The number of hydrogen-bond acceptors (Lipinski definition) is 4. The summed E-state index contributed by atoms with van der Waals surface area (Å²) < 4.78 is 2.00. The van der Waals surface area contributed by atoms with E-state index in [0.717, 1.165) is 49.6 Å². The van der Waals surface area contributed by atoms with Crippen molar-refractivity contribution in [1.82, 2.24) is 19.9 Å². The number of aromatic nitrogens is 3. The van der Waals surface area contributed by atoms with E-state index in [1.165, 1.54) is 0 Å². The minimum absolute atomic E-state index is 0.0783. The first kappa shape index (κ1) is 17.3. The van der Waals surface area contributed by atoms with Gasteiger partial charge in [0.25, 0.3) is 11.5 Å². The Hall–Kier alpha value is -2.57. The summed E-state index contributed by atoms with van der Waals surface area (Å²) >= 11 is 0. The molecule has 2 aromatic rings. The maximum Gasteiger partial charge on any atom is 0.261 e. The van der Waals surface area contributed by atoms with Crippen LogP contribution in [0.3, 0.4) is 0 Å². The van der Waals surface area contributed by atoms with E-state index >= 15 is 0 Å². The molecular formula is C18H25N5O2. The number of aromatic amines is 1. The smallest absolute Gasteiger partial charge is 0.261 e. The number of hydrogen-bond donors (Lipinski definition) is 2. The predicted molar refractivity (Wildman–Crippen MR) is 97.1 cm³/mol. The molecule has 0 aromatic carbocycles. The van der Waals surface area contributed by atoms with E-state index in [1.54, 1.807) is 12.3 Å². The van der Waals surface area contributed by atoms with E-state index in [1.807, 2.05) is 31.7 Å². The van der Waals surface area contributed by atoms with Crippen LogP contribution >= 0.6 is 0 Å². The van der Waals surface area contributed by atoms with Gasteiger partial charge < -0.3 is 19.8 Å². The van der Waals surface area contributed by atoms with Gasteiger partial charge in [0.15, 0.2) is 0 Å². The van der Waals surface area contributed by atoms with Gasteiger partial charge in [-0.05, 0) is 37.8 Å². The van der Waals surface area contributed by atoms with Crippen molar-refractivity contribution < 1.29 is 4.79 Å². The molecule has 0 unspecified atom stereocenters. The van der Waals surface area contributed by atoms with Crippen molar-refractivity contribution in [2.75, 3.05) is 18.0 Å². The van der Waals surface area contributed by atoms with Crippen molar-refractivity contribution in [3.8, 4) is 0 Å². The first-order chi connectivity index (χ1) is 12.0. The molecule has 3 rings (SSSR count). The minimum atomic E-state index is -0.314. The number of H-pyrrole nitrogens is 1. The summed E-state index contributed by atoms with van der Waals surface area (Å²) in [5.74, 6) is 0.662. The Morgan fingerprint density at radius 2 is 2.12 bits per heavy atom. The molecule has 0 saturated carbocycles. The van der Waals surface area contributed by atoms with Crippen molar-refractivity contribution >= 4 is 11.9 Å². The summed E-state index contributed by atoms with van der Waals surface area (Å²) in [6.45, 7) is 5.56. The normalized spacial score (nSPS) is 15.4. The van der Waals surface area contributed by atoms with Crippen LogP contribution in [-0.4, -0.2) is 39.6 Å². The molecule has 1 saturated heterocycles. The van der Waals surface area contributed by atoms with E-state index in [4.69, 9.17) is 0 Å². The van der Waals surface area contributed by atoms with Crippen LogP contribution in [0.2, 0.25) is 0 Å². The number of carbonyl (C=O) groups is 1. The fourth-order valence-electron chi connectivity index (χ4n) is 3.36. The molecule has 0 aliphatic carbocycles. The summed E-state index contributed by atoms with van der Waals surface area (Å²) in [6, 6.07) is 1.77. The zero-order valence-electron chi connectivity index (χ0n) is 15.0. The zero-order valence-corrected chi connectivity index (χ0v) is 15.0. The quantitative estimate of drug-likeness (QED) is 0.878. The van der Waals surface area contributed by atoms with Gasteiger partial charge in [-0.2, -0.15) is 0 Å². The molecule has 0 spiro atoms. The second kappa shape index (κ2) is 7.13. The summed E-state index contributed by atoms with van der Waals surface area (Å²) in [5.41, 5.74) is 1.70. The Bertz CT molecular complexity index is 815. The molecule has 7 nitrogen and oxygen atoms in total. The van der Waals surface area contributed by atoms with E-state index in [9.17, 15) is 9.59 Å². The van der Waals surface area contributed by atoms with Gasteiger partial charge in [-0.3, -0.25) is 9.59 Å². The molecule has 2 aromatic heterocycles. The Balaban J connectivity index is 1.62. The molecular weight excluding hydrogens is 318 g/mol.